The minimum atomic E-state index is -0.0697. The van der Waals surface area contributed by atoms with E-state index in [0.29, 0.717) is 6.54 Å². The highest BCUT2D eigenvalue weighted by Crippen LogP contribution is 2.29. The van der Waals surface area contributed by atoms with Crippen LogP contribution in [0.2, 0.25) is 0 Å². The van der Waals surface area contributed by atoms with Gasteiger partial charge in [0.1, 0.15) is 11.9 Å². The normalized spacial score (nSPS) is 26.2. The Morgan fingerprint density at radius 1 is 1.47 bits per heavy atom. The van der Waals surface area contributed by atoms with Gasteiger partial charge in [0.25, 0.3) is 0 Å². The van der Waals surface area contributed by atoms with Crippen molar-refractivity contribution in [3.8, 4) is 5.75 Å². The molecule has 2 unspecified atom stereocenters. The summed E-state index contributed by atoms with van der Waals surface area (Å²) >= 11 is 0. The van der Waals surface area contributed by atoms with Gasteiger partial charge in [-0.25, -0.2) is 0 Å². The molecule has 1 amide bonds. The van der Waals surface area contributed by atoms with Gasteiger partial charge in [0.2, 0.25) is 5.91 Å². The number of fused-ring (bicyclic) bond motifs is 1. The van der Waals surface area contributed by atoms with Crippen LogP contribution in [0.15, 0.2) is 18.2 Å². The number of amides is 1. The summed E-state index contributed by atoms with van der Waals surface area (Å²) in [5.74, 6) is 1.16. The van der Waals surface area contributed by atoms with Crippen LogP contribution in [0, 0.1) is 6.92 Å². The molecule has 1 aromatic rings. The van der Waals surface area contributed by atoms with E-state index in [1.54, 1.807) is 0 Å². The second-order valence-corrected chi connectivity index (χ2v) is 5.52. The number of ether oxygens (including phenoxy) is 1. The Kier molecular flexibility index (Phi) is 3.19. The van der Waals surface area contributed by atoms with Gasteiger partial charge in [-0.05, 0) is 25.5 Å². The molecule has 1 N–H and O–H groups in total. The topological polar surface area (TPSA) is 41.6 Å². The van der Waals surface area contributed by atoms with Gasteiger partial charge in [-0.3, -0.25) is 4.79 Å². The zero-order chi connectivity index (χ0) is 13.4. The summed E-state index contributed by atoms with van der Waals surface area (Å²) in [5.41, 5.74) is 2.52. The Morgan fingerprint density at radius 3 is 3.16 bits per heavy atom. The Labute approximate surface area is 113 Å². The number of carbonyl (C=O) groups excluding carboxylic acids is 1. The summed E-state index contributed by atoms with van der Waals surface area (Å²) in [6.45, 7) is 6.35. The zero-order valence-corrected chi connectivity index (χ0v) is 11.5. The highest BCUT2D eigenvalue weighted by molar-refractivity contribution is 5.82. The van der Waals surface area contributed by atoms with E-state index in [1.807, 2.05) is 17.9 Å². The molecule has 0 spiro atoms. The molecule has 102 valence electrons. The van der Waals surface area contributed by atoms with Crippen LogP contribution in [-0.2, 0) is 11.2 Å². The average molecular weight is 260 g/mol. The van der Waals surface area contributed by atoms with Crippen LogP contribution in [0.4, 0.5) is 0 Å². The second kappa shape index (κ2) is 4.85. The van der Waals surface area contributed by atoms with Crippen molar-refractivity contribution in [2.75, 3.05) is 19.6 Å². The van der Waals surface area contributed by atoms with Crippen molar-refractivity contribution in [3.05, 3.63) is 29.3 Å². The third-order valence-electron chi connectivity index (χ3n) is 3.90. The van der Waals surface area contributed by atoms with E-state index in [0.717, 1.165) is 25.3 Å². The molecule has 0 aromatic heterocycles. The zero-order valence-electron chi connectivity index (χ0n) is 11.5. The maximum absolute atomic E-state index is 12.0. The van der Waals surface area contributed by atoms with Crippen molar-refractivity contribution < 1.29 is 9.53 Å². The number of hydrogen-bond acceptors (Lipinski definition) is 3. The summed E-state index contributed by atoms with van der Waals surface area (Å²) in [5, 5.41) is 3.18. The van der Waals surface area contributed by atoms with Gasteiger partial charge in [0.05, 0.1) is 12.6 Å². The van der Waals surface area contributed by atoms with Crippen LogP contribution in [0.1, 0.15) is 18.1 Å². The molecule has 4 nitrogen and oxygen atoms in total. The molecule has 19 heavy (non-hydrogen) atoms. The van der Waals surface area contributed by atoms with Gasteiger partial charge in [0, 0.05) is 19.5 Å². The van der Waals surface area contributed by atoms with Gasteiger partial charge in [-0.1, -0.05) is 17.7 Å². The van der Waals surface area contributed by atoms with Crippen LogP contribution in [0.25, 0.3) is 0 Å². The molecule has 1 fully saturated rings. The minimum Gasteiger partial charge on any atom is -0.488 e. The summed E-state index contributed by atoms with van der Waals surface area (Å²) in [7, 11) is 0. The smallest absolute Gasteiger partial charge is 0.239 e. The molecule has 0 aliphatic carbocycles. The molecule has 1 saturated heterocycles. The number of carbonyl (C=O) groups is 1. The van der Waals surface area contributed by atoms with Crippen LogP contribution in [0.5, 0.6) is 5.75 Å². The number of piperazine rings is 1. The van der Waals surface area contributed by atoms with Crippen LogP contribution in [-0.4, -0.2) is 42.6 Å². The predicted octanol–water partition coefficient (Wildman–Crippen LogP) is 1.12. The van der Waals surface area contributed by atoms with Crippen molar-refractivity contribution in [3.63, 3.8) is 0 Å². The first-order valence-electron chi connectivity index (χ1n) is 6.92. The second-order valence-electron chi connectivity index (χ2n) is 5.52. The summed E-state index contributed by atoms with van der Waals surface area (Å²) in [4.78, 5) is 14.0. The van der Waals surface area contributed by atoms with E-state index in [1.165, 1.54) is 11.1 Å². The number of rotatable bonds is 2. The minimum absolute atomic E-state index is 0.0697. The van der Waals surface area contributed by atoms with Crippen molar-refractivity contribution in [1.29, 1.82) is 0 Å². The molecule has 3 rings (SSSR count). The number of benzene rings is 1. The number of nitrogens with zero attached hydrogens (tertiary/aromatic N) is 1. The predicted molar refractivity (Wildman–Crippen MR) is 73.3 cm³/mol. The standard InChI is InChI=1S/C15H20N2O2/c1-10-3-4-14-12(7-10)8-13(19-14)9-17-6-5-16-11(2)15(17)18/h3-4,7,11,13,16H,5-6,8-9H2,1-2H3. The van der Waals surface area contributed by atoms with Crippen molar-refractivity contribution in [2.45, 2.75) is 32.4 Å². The van der Waals surface area contributed by atoms with E-state index in [4.69, 9.17) is 4.74 Å². The first kappa shape index (κ1) is 12.5. The van der Waals surface area contributed by atoms with E-state index < -0.39 is 0 Å². The molecule has 0 bridgehead atoms. The fourth-order valence-corrected chi connectivity index (χ4v) is 2.87. The molecular weight excluding hydrogens is 240 g/mol. The summed E-state index contributed by atoms with van der Waals surface area (Å²) in [6.07, 6.45) is 1.01. The number of hydrogen-bond donors (Lipinski definition) is 1. The maximum Gasteiger partial charge on any atom is 0.239 e. The van der Waals surface area contributed by atoms with Crippen LogP contribution >= 0.6 is 0 Å². The first-order chi connectivity index (χ1) is 9.13. The summed E-state index contributed by atoms with van der Waals surface area (Å²) < 4.78 is 5.93. The van der Waals surface area contributed by atoms with Gasteiger partial charge >= 0.3 is 0 Å². The van der Waals surface area contributed by atoms with Gasteiger partial charge in [-0.2, -0.15) is 0 Å². The third kappa shape index (κ3) is 2.45. The fourth-order valence-electron chi connectivity index (χ4n) is 2.87. The fraction of sp³-hybridized carbons (Fsp3) is 0.533. The maximum atomic E-state index is 12.0. The van der Waals surface area contributed by atoms with Gasteiger partial charge in [-0.15, -0.1) is 0 Å². The molecule has 0 saturated carbocycles. The molecule has 4 heteroatoms. The Morgan fingerprint density at radius 2 is 2.32 bits per heavy atom. The highest BCUT2D eigenvalue weighted by Gasteiger charge is 2.30. The lowest BCUT2D eigenvalue weighted by molar-refractivity contribution is -0.136. The van der Waals surface area contributed by atoms with E-state index in [2.05, 4.69) is 24.4 Å². The van der Waals surface area contributed by atoms with Crippen molar-refractivity contribution in [2.24, 2.45) is 0 Å². The molecule has 2 heterocycles. The van der Waals surface area contributed by atoms with Crippen LogP contribution in [0.3, 0.4) is 0 Å². The van der Waals surface area contributed by atoms with E-state index in [-0.39, 0.29) is 18.1 Å². The Hall–Kier alpha value is -1.55. The average Bonchev–Trinajstić information content (AvgIpc) is 2.76. The first-order valence-corrected chi connectivity index (χ1v) is 6.92. The molecule has 2 aliphatic rings. The largest absolute Gasteiger partial charge is 0.488 e. The number of nitrogens with one attached hydrogen (secondary N) is 1. The van der Waals surface area contributed by atoms with Gasteiger partial charge in [0.15, 0.2) is 0 Å². The number of aryl methyl sites for hydroxylation is 1. The van der Waals surface area contributed by atoms with Crippen molar-refractivity contribution >= 4 is 5.91 Å². The third-order valence-corrected chi connectivity index (χ3v) is 3.90. The molecule has 0 radical (unpaired) electrons. The SMILES string of the molecule is Cc1ccc2c(c1)CC(CN1CCNC(C)C1=O)O2. The molecular formula is C15H20N2O2. The lowest BCUT2D eigenvalue weighted by atomic mass is 10.1. The summed E-state index contributed by atoms with van der Waals surface area (Å²) in [6, 6.07) is 6.21. The highest BCUT2D eigenvalue weighted by atomic mass is 16.5. The lowest BCUT2D eigenvalue weighted by Crippen LogP contribution is -2.55. The molecule has 2 atom stereocenters. The quantitative estimate of drug-likeness (QED) is 0.866. The van der Waals surface area contributed by atoms with Gasteiger partial charge < -0.3 is 15.0 Å². The van der Waals surface area contributed by atoms with E-state index in [9.17, 15) is 4.79 Å². The van der Waals surface area contributed by atoms with E-state index >= 15 is 0 Å². The molecule has 2 aliphatic heterocycles. The Balaban J connectivity index is 1.65. The molecule has 1 aromatic carbocycles. The van der Waals surface area contributed by atoms with Crippen LogP contribution < -0.4 is 10.1 Å². The Bertz CT molecular complexity index is 501. The monoisotopic (exact) mass is 260 g/mol. The van der Waals surface area contributed by atoms with Crippen molar-refractivity contribution in [1.82, 2.24) is 10.2 Å². The lowest BCUT2D eigenvalue weighted by Gasteiger charge is -2.32.